The lowest BCUT2D eigenvalue weighted by Crippen LogP contribution is -2.44. The van der Waals surface area contributed by atoms with E-state index >= 15 is 0 Å². The Balaban J connectivity index is 2.40. The number of hydrogen-bond donors (Lipinski definition) is 2. The summed E-state index contributed by atoms with van der Waals surface area (Å²) in [5.74, 6) is 0. The third-order valence-electron chi connectivity index (χ3n) is 3.79. The van der Waals surface area contributed by atoms with E-state index in [-0.39, 0.29) is 5.41 Å². The van der Waals surface area contributed by atoms with Crippen LogP contribution in [0, 0.1) is 5.41 Å². The molecule has 0 aliphatic carbocycles. The fraction of sp³-hybridized carbons (Fsp3) is 1.00. The molecule has 0 aromatic heterocycles. The minimum Gasteiger partial charge on any atom is -0.381 e. The van der Waals surface area contributed by atoms with Gasteiger partial charge in [0.1, 0.15) is 0 Å². The lowest BCUT2D eigenvalue weighted by Gasteiger charge is -2.33. The van der Waals surface area contributed by atoms with Crippen LogP contribution >= 0.6 is 0 Å². The fourth-order valence-electron chi connectivity index (χ4n) is 2.05. The van der Waals surface area contributed by atoms with Gasteiger partial charge in [0.15, 0.2) is 0 Å². The Hall–Kier alpha value is -0.170. The maximum atomic E-state index is 12.1. The van der Waals surface area contributed by atoms with Crippen molar-refractivity contribution in [3.8, 4) is 0 Å². The van der Waals surface area contributed by atoms with Crippen LogP contribution in [0.15, 0.2) is 0 Å². The molecular formula is C13H28N2O3S. The molecule has 6 heteroatoms. The van der Waals surface area contributed by atoms with Gasteiger partial charge in [-0.2, -0.15) is 0 Å². The zero-order valence-electron chi connectivity index (χ0n) is 12.4. The zero-order valence-corrected chi connectivity index (χ0v) is 13.2. The highest BCUT2D eigenvalue weighted by atomic mass is 32.2. The van der Waals surface area contributed by atoms with Crippen LogP contribution in [0.3, 0.4) is 0 Å². The number of sulfonamides is 1. The van der Waals surface area contributed by atoms with Gasteiger partial charge in [0.25, 0.3) is 0 Å². The van der Waals surface area contributed by atoms with Crippen LogP contribution in [0.4, 0.5) is 0 Å². The molecule has 0 amide bonds. The Morgan fingerprint density at radius 1 is 1.32 bits per heavy atom. The Morgan fingerprint density at radius 2 is 1.95 bits per heavy atom. The molecule has 114 valence electrons. The van der Waals surface area contributed by atoms with Gasteiger partial charge < -0.3 is 10.1 Å². The van der Waals surface area contributed by atoms with Gasteiger partial charge in [-0.05, 0) is 38.1 Å². The molecule has 1 fully saturated rings. The van der Waals surface area contributed by atoms with Crippen molar-refractivity contribution < 1.29 is 13.2 Å². The molecule has 0 aromatic rings. The van der Waals surface area contributed by atoms with Gasteiger partial charge in [0, 0.05) is 26.3 Å². The molecule has 1 heterocycles. The fourth-order valence-corrected chi connectivity index (χ4v) is 3.22. The van der Waals surface area contributed by atoms with Gasteiger partial charge >= 0.3 is 0 Å². The summed E-state index contributed by atoms with van der Waals surface area (Å²) in [5.41, 5.74) is 0.0296. The van der Waals surface area contributed by atoms with Crippen molar-refractivity contribution in [2.24, 2.45) is 5.41 Å². The first-order valence-electron chi connectivity index (χ1n) is 7.16. The van der Waals surface area contributed by atoms with Gasteiger partial charge in [0.05, 0.1) is 5.25 Å². The maximum Gasteiger partial charge on any atom is 0.215 e. The average Bonchev–Trinajstić information content (AvgIpc) is 2.38. The smallest absolute Gasteiger partial charge is 0.215 e. The van der Waals surface area contributed by atoms with E-state index in [0.717, 1.165) is 39.0 Å². The summed E-state index contributed by atoms with van der Waals surface area (Å²) in [7, 11) is -3.23. The van der Waals surface area contributed by atoms with Crippen LogP contribution < -0.4 is 10.0 Å². The van der Waals surface area contributed by atoms with Crippen molar-refractivity contribution in [3.63, 3.8) is 0 Å². The van der Waals surface area contributed by atoms with Crippen molar-refractivity contribution in [2.75, 3.05) is 32.8 Å². The summed E-state index contributed by atoms with van der Waals surface area (Å²) in [6, 6.07) is 0. The molecule has 19 heavy (non-hydrogen) atoms. The Kier molecular flexibility index (Phi) is 6.73. The van der Waals surface area contributed by atoms with Crippen molar-refractivity contribution >= 4 is 10.0 Å². The van der Waals surface area contributed by atoms with Crippen molar-refractivity contribution in [1.29, 1.82) is 0 Å². The van der Waals surface area contributed by atoms with Gasteiger partial charge in [0.2, 0.25) is 10.0 Å². The van der Waals surface area contributed by atoms with E-state index in [1.165, 1.54) is 0 Å². The van der Waals surface area contributed by atoms with E-state index in [2.05, 4.69) is 23.9 Å². The minimum absolute atomic E-state index is 0.0296. The molecule has 1 saturated heterocycles. The van der Waals surface area contributed by atoms with E-state index in [1.54, 1.807) is 6.92 Å². The van der Waals surface area contributed by atoms with Crippen LogP contribution in [0.2, 0.25) is 0 Å². The Labute approximate surface area is 117 Å². The second-order valence-corrected chi connectivity index (χ2v) is 7.99. The van der Waals surface area contributed by atoms with Crippen LogP contribution in [0.5, 0.6) is 0 Å². The molecule has 0 bridgehead atoms. The van der Waals surface area contributed by atoms with Gasteiger partial charge in [-0.15, -0.1) is 0 Å². The SMILES string of the molecule is CCCNCC(C)S(=O)(=O)NCC1(C)CCOCC1. The monoisotopic (exact) mass is 292 g/mol. The molecule has 1 atom stereocenters. The summed E-state index contributed by atoms with van der Waals surface area (Å²) in [6.07, 6.45) is 2.84. The molecule has 0 radical (unpaired) electrons. The van der Waals surface area contributed by atoms with Crippen LogP contribution in [-0.2, 0) is 14.8 Å². The van der Waals surface area contributed by atoms with Gasteiger partial charge in [-0.3, -0.25) is 0 Å². The second-order valence-electron chi connectivity index (χ2n) is 5.80. The number of hydrogen-bond acceptors (Lipinski definition) is 4. The summed E-state index contributed by atoms with van der Waals surface area (Å²) >= 11 is 0. The Morgan fingerprint density at radius 3 is 2.53 bits per heavy atom. The first kappa shape index (κ1) is 16.9. The van der Waals surface area contributed by atoms with E-state index in [1.807, 2.05) is 0 Å². The van der Waals surface area contributed by atoms with Crippen LogP contribution in [-0.4, -0.2) is 46.5 Å². The minimum atomic E-state index is -3.23. The van der Waals surface area contributed by atoms with Crippen molar-refractivity contribution in [3.05, 3.63) is 0 Å². The standard InChI is InChI=1S/C13H28N2O3S/c1-4-7-14-10-12(2)19(16,17)15-11-13(3)5-8-18-9-6-13/h12,14-15H,4-11H2,1-3H3. The summed E-state index contributed by atoms with van der Waals surface area (Å²) in [6.45, 7) is 9.26. The third kappa shape index (κ3) is 5.77. The van der Waals surface area contributed by atoms with E-state index in [9.17, 15) is 8.42 Å². The first-order chi connectivity index (χ1) is 8.90. The quantitative estimate of drug-likeness (QED) is 0.658. The zero-order chi connectivity index (χ0) is 14.4. The second kappa shape index (κ2) is 7.57. The molecule has 5 nitrogen and oxygen atoms in total. The summed E-state index contributed by atoms with van der Waals surface area (Å²) < 4.78 is 32.3. The Bertz CT molecular complexity index is 351. The largest absolute Gasteiger partial charge is 0.381 e. The van der Waals surface area contributed by atoms with E-state index in [0.29, 0.717) is 13.1 Å². The lowest BCUT2D eigenvalue weighted by molar-refractivity contribution is 0.0264. The van der Waals surface area contributed by atoms with Crippen LogP contribution in [0.25, 0.3) is 0 Å². The molecule has 1 unspecified atom stereocenters. The number of nitrogens with one attached hydrogen (secondary N) is 2. The highest BCUT2D eigenvalue weighted by molar-refractivity contribution is 7.90. The number of rotatable bonds is 8. The summed E-state index contributed by atoms with van der Waals surface area (Å²) in [5, 5.41) is 2.75. The summed E-state index contributed by atoms with van der Waals surface area (Å²) in [4.78, 5) is 0. The molecule has 0 saturated carbocycles. The van der Waals surface area contributed by atoms with E-state index in [4.69, 9.17) is 4.74 Å². The van der Waals surface area contributed by atoms with Crippen molar-refractivity contribution in [2.45, 2.75) is 45.3 Å². The third-order valence-corrected chi connectivity index (χ3v) is 5.56. The average molecular weight is 292 g/mol. The molecule has 2 N–H and O–H groups in total. The molecule has 0 aromatic carbocycles. The molecule has 1 rings (SSSR count). The van der Waals surface area contributed by atoms with E-state index < -0.39 is 15.3 Å². The molecule has 1 aliphatic rings. The molecule has 1 aliphatic heterocycles. The highest BCUT2D eigenvalue weighted by Gasteiger charge is 2.30. The topological polar surface area (TPSA) is 67.4 Å². The van der Waals surface area contributed by atoms with Crippen LogP contribution in [0.1, 0.15) is 40.0 Å². The van der Waals surface area contributed by atoms with Gasteiger partial charge in [-0.25, -0.2) is 13.1 Å². The first-order valence-corrected chi connectivity index (χ1v) is 8.71. The normalized spacial score (nSPS) is 21.2. The van der Waals surface area contributed by atoms with Gasteiger partial charge in [-0.1, -0.05) is 13.8 Å². The highest BCUT2D eigenvalue weighted by Crippen LogP contribution is 2.28. The lowest BCUT2D eigenvalue weighted by atomic mass is 9.83. The van der Waals surface area contributed by atoms with Crippen molar-refractivity contribution in [1.82, 2.24) is 10.0 Å². The predicted molar refractivity (Wildman–Crippen MR) is 77.7 cm³/mol. The maximum absolute atomic E-state index is 12.1. The molecular weight excluding hydrogens is 264 g/mol. The number of ether oxygens (including phenoxy) is 1. The predicted octanol–water partition coefficient (Wildman–Crippen LogP) is 1.11. The molecule has 0 spiro atoms.